The first-order valence-electron chi connectivity index (χ1n) is 5.65. The van der Waals surface area contributed by atoms with E-state index in [9.17, 15) is 4.79 Å². The normalized spacial score (nSPS) is 11.4. The van der Waals surface area contributed by atoms with Crippen molar-refractivity contribution in [3.05, 3.63) is 51.8 Å². The van der Waals surface area contributed by atoms with Gasteiger partial charge in [-0.15, -0.1) is 0 Å². The van der Waals surface area contributed by atoms with Crippen molar-refractivity contribution in [2.75, 3.05) is 13.6 Å². The number of H-pyrrole nitrogens is 1. The summed E-state index contributed by atoms with van der Waals surface area (Å²) in [6.45, 7) is 2.71. The van der Waals surface area contributed by atoms with E-state index in [1.165, 1.54) is 0 Å². The number of hydrogen-bond donors (Lipinski definition) is 2. The SMILES string of the molecule is CNCC=Cc1ccc2[nH]c(C)cc(=O)c2c1. The number of nitrogens with one attached hydrogen (secondary N) is 2. The van der Waals surface area contributed by atoms with E-state index in [0.29, 0.717) is 0 Å². The summed E-state index contributed by atoms with van der Waals surface area (Å²) in [5.41, 5.74) is 2.89. The van der Waals surface area contributed by atoms with Crippen LogP contribution in [0.15, 0.2) is 35.1 Å². The molecule has 0 aliphatic heterocycles. The lowest BCUT2D eigenvalue weighted by molar-refractivity contribution is 0.922. The highest BCUT2D eigenvalue weighted by molar-refractivity contribution is 5.81. The topological polar surface area (TPSA) is 44.9 Å². The zero-order valence-corrected chi connectivity index (χ0v) is 10.1. The summed E-state index contributed by atoms with van der Waals surface area (Å²) in [7, 11) is 1.90. The molecule has 2 aromatic rings. The van der Waals surface area contributed by atoms with Gasteiger partial charge in [-0.25, -0.2) is 0 Å². The molecule has 0 fully saturated rings. The lowest BCUT2D eigenvalue weighted by atomic mass is 10.1. The molecular weight excluding hydrogens is 212 g/mol. The fraction of sp³-hybridized carbons (Fsp3) is 0.214. The van der Waals surface area contributed by atoms with Crippen LogP contribution in [0.5, 0.6) is 0 Å². The van der Waals surface area contributed by atoms with Crippen LogP contribution in [0.3, 0.4) is 0 Å². The summed E-state index contributed by atoms with van der Waals surface area (Å²) in [5, 5.41) is 3.78. The van der Waals surface area contributed by atoms with E-state index in [-0.39, 0.29) is 5.43 Å². The zero-order valence-electron chi connectivity index (χ0n) is 10.1. The predicted molar refractivity (Wildman–Crippen MR) is 72.3 cm³/mol. The number of likely N-dealkylation sites (N-methyl/N-ethyl adjacent to an activating group) is 1. The molecule has 1 aromatic carbocycles. The second-order valence-corrected chi connectivity index (χ2v) is 4.08. The van der Waals surface area contributed by atoms with Crippen LogP contribution in [0, 0.1) is 6.92 Å². The first kappa shape index (κ1) is 11.6. The van der Waals surface area contributed by atoms with Gasteiger partial charge in [-0.3, -0.25) is 4.79 Å². The Morgan fingerprint density at radius 3 is 2.94 bits per heavy atom. The fourth-order valence-corrected chi connectivity index (χ4v) is 1.81. The quantitative estimate of drug-likeness (QED) is 0.844. The average molecular weight is 228 g/mol. The summed E-state index contributed by atoms with van der Waals surface area (Å²) in [4.78, 5) is 15.0. The van der Waals surface area contributed by atoms with Crippen LogP contribution in [-0.4, -0.2) is 18.6 Å². The van der Waals surface area contributed by atoms with Crippen molar-refractivity contribution < 1.29 is 0 Å². The van der Waals surface area contributed by atoms with Crippen molar-refractivity contribution >= 4 is 17.0 Å². The first-order valence-corrected chi connectivity index (χ1v) is 5.65. The molecule has 0 saturated carbocycles. The van der Waals surface area contributed by atoms with Crippen LogP contribution in [0.1, 0.15) is 11.3 Å². The lowest BCUT2D eigenvalue weighted by Gasteiger charge is -2.01. The highest BCUT2D eigenvalue weighted by Crippen LogP contribution is 2.12. The van der Waals surface area contributed by atoms with Crippen molar-refractivity contribution in [3.63, 3.8) is 0 Å². The molecule has 0 spiro atoms. The van der Waals surface area contributed by atoms with Crippen molar-refractivity contribution in [1.29, 1.82) is 0 Å². The van der Waals surface area contributed by atoms with Crippen LogP contribution in [0.25, 0.3) is 17.0 Å². The molecule has 0 aliphatic carbocycles. The Hall–Kier alpha value is -1.87. The molecule has 0 amide bonds. The van der Waals surface area contributed by atoms with E-state index in [0.717, 1.165) is 28.7 Å². The Morgan fingerprint density at radius 1 is 1.35 bits per heavy atom. The summed E-state index contributed by atoms with van der Waals surface area (Å²) in [5.74, 6) is 0. The third-order valence-electron chi connectivity index (χ3n) is 2.62. The van der Waals surface area contributed by atoms with Crippen LogP contribution < -0.4 is 10.7 Å². The molecule has 1 aromatic heterocycles. The Labute approximate surface area is 100 Å². The number of aryl methyl sites for hydroxylation is 1. The molecule has 0 saturated heterocycles. The number of aromatic amines is 1. The summed E-state index contributed by atoms with van der Waals surface area (Å²) < 4.78 is 0. The van der Waals surface area contributed by atoms with Gasteiger partial charge in [-0.05, 0) is 31.7 Å². The van der Waals surface area contributed by atoms with Gasteiger partial charge < -0.3 is 10.3 Å². The number of fused-ring (bicyclic) bond motifs is 1. The van der Waals surface area contributed by atoms with Crippen LogP contribution in [0.4, 0.5) is 0 Å². The van der Waals surface area contributed by atoms with E-state index in [2.05, 4.69) is 10.3 Å². The molecule has 0 radical (unpaired) electrons. The Kier molecular flexibility index (Phi) is 3.40. The molecule has 3 nitrogen and oxygen atoms in total. The van der Waals surface area contributed by atoms with Gasteiger partial charge in [0.25, 0.3) is 0 Å². The highest BCUT2D eigenvalue weighted by atomic mass is 16.1. The molecule has 0 aliphatic rings. The largest absolute Gasteiger partial charge is 0.358 e. The molecular formula is C14H16N2O. The van der Waals surface area contributed by atoms with Gasteiger partial charge in [0.05, 0.1) is 0 Å². The van der Waals surface area contributed by atoms with E-state index < -0.39 is 0 Å². The smallest absolute Gasteiger partial charge is 0.189 e. The van der Waals surface area contributed by atoms with E-state index in [4.69, 9.17) is 0 Å². The van der Waals surface area contributed by atoms with Crippen molar-refractivity contribution in [1.82, 2.24) is 10.3 Å². The summed E-state index contributed by atoms with van der Waals surface area (Å²) in [6, 6.07) is 7.50. The molecule has 0 atom stereocenters. The molecule has 88 valence electrons. The number of pyridine rings is 1. The molecule has 17 heavy (non-hydrogen) atoms. The number of rotatable bonds is 3. The standard InChI is InChI=1S/C14H16N2O/c1-10-8-14(17)12-9-11(4-3-7-15-2)5-6-13(12)16-10/h3-6,8-9,15H,7H2,1-2H3,(H,16,17). The van der Waals surface area contributed by atoms with Crippen LogP contribution in [0.2, 0.25) is 0 Å². The van der Waals surface area contributed by atoms with Crippen LogP contribution in [-0.2, 0) is 0 Å². The molecule has 0 bridgehead atoms. The number of benzene rings is 1. The maximum atomic E-state index is 11.8. The highest BCUT2D eigenvalue weighted by Gasteiger charge is 1.99. The van der Waals surface area contributed by atoms with Gasteiger partial charge in [0, 0.05) is 29.2 Å². The predicted octanol–water partition coefficient (Wildman–Crippen LogP) is 2.07. The van der Waals surface area contributed by atoms with Gasteiger partial charge in [0.15, 0.2) is 5.43 Å². The van der Waals surface area contributed by atoms with Crippen molar-refractivity contribution in [3.8, 4) is 0 Å². The Balaban J connectivity index is 2.47. The van der Waals surface area contributed by atoms with Gasteiger partial charge in [-0.1, -0.05) is 18.2 Å². The first-order chi connectivity index (χ1) is 8.20. The Morgan fingerprint density at radius 2 is 2.18 bits per heavy atom. The Bertz CT molecular complexity index is 611. The molecule has 2 N–H and O–H groups in total. The summed E-state index contributed by atoms with van der Waals surface area (Å²) in [6.07, 6.45) is 4.04. The molecule has 1 heterocycles. The zero-order chi connectivity index (χ0) is 12.3. The molecule has 2 rings (SSSR count). The molecule has 0 unspecified atom stereocenters. The minimum atomic E-state index is 0.0696. The second-order valence-electron chi connectivity index (χ2n) is 4.08. The number of aromatic nitrogens is 1. The monoisotopic (exact) mass is 228 g/mol. The minimum absolute atomic E-state index is 0.0696. The van der Waals surface area contributed by atoms with Gasteiger partial charge in [0.2, 0.25) is 0 Å². The maximum Gasteiger partial charge on any atom is 0.189 e. The van der Waals surface area contributed by atoms with Gasteiger partial charge in [0.1, 0.15) is 0 Å². The van der Waals surface area contributed by atoms with Crippen LogP contribution >= 0.6 is 0 Å². The summed E-state index contributed by atoms with van der Waals surface area (Å²) >= 11 is 0. The lowest BCUT2D eigenvalue weighted by Crippen LogP contribution is -2.04. The van der Waals surface area contributed by atoms with Gasteiger partial charge >= 0.3 is 0 Å². The third-order valence-corrected chi connectivity index (χ3v) is 2.62. The van der Waals surface area contributed by atoms with E-state index in [1.807, 2.05) is 44.3 Å². The van der Waals surface area contributed by atoms with E-state index in [1.54, 1.807) is 6.07 Å². The van der Waals surface area contributed by atoms with E-state index >= 15 is 0 Å². The molecule has 3 heteroatoms. The maximum absolute atomic E-state index is 11.8. The van der Waals surface area contributed by atoms with Crippen molar-refractivity contribution in [2.24, 2.45) is 0 Å². The third kappa shape index (κ3) is 2.63. The minimum Gasteiger partial charge on any atom is -0.358 e. The fourth-order valence-electron chi connectivity index (χ4n) is 1.81. The van der Waals surface area contributed by atoms with Crippen molar-refractivity contribution in [2.45, 2.75) is 6.92 Å². The second kappa shape index (κ2) is 4.97. The average Bonchev–Trinajstić information content (AvgIpc) is 2.30. The van der Waals surface area contributed by atoms with Gasteiger partial charge in [-0.2, -0.15) is 0 Å². The number of hydrogen-bond acceptors (Lipinski definition) is 2.